The first-order valence-corrected chi connectivity index (χ1v) is 5.45. The van der Waals surface area contributed by atoms with Crippen LogP contribution in [0.4, 0.5) is 5.82 Å². The number of pyridine rings is 1. The summed E-state index contributed by atoms with van der Waals surface area (Å²) >= 11 is 1.66. The summed E-state index contributed by atoms with van der Waals surface area (Å²) in [5, 5.41) is 1.13. The minimum atomic E-state index is 0.559. The molecule has 0 amide bonds. The third-order valence-corrected chi connectivity index (χ3v) is 2.79. The molecule has 2 rings (SSSR count). The Kier molecular flexibility index (Phi) is 3.85. The highest BCUT2D eigenvalue weighted by Gasteiger charge is 2.00. The van der Waals surface area contributed by atoms with Crippen LogP contribution in [0.15, 0.2) is 18.3 Å². The molecule has 4 N–H and O–H groups in total. The first kappa shape index (κ1) is 10.9. The Morgan fingerprint density at radius 1 is 1.36 bits per heavy atom. The number of anilines is 1. The summed E-state index contributed by atoms with van der Waals surface area (Å²) in [6, 6.07) is 3.92. The molecule has 2 aromatic heterocycles. The van der Waals surface area contributed by atoms with E-state index in [2.05, 4.69) is 11.1 Å². The maximum absolute atomic E-state index is 5.54. The highest BCUT2D eigenvalue weighted by Crippen LogP contribution is 2.25. The predicted octanol–water partition coefficient (Wildman–Crippen LogP) is 2.36. The quantitative estimate of drug-likeness (QED) is 0.757. The molecule has 0 aliphatic heterocycles. The molecule has 2 aromatic rings. The van der Waals surface area contributed by atoms with E-state index in [1.807, 2.05) is 19.9 Å². The van der Waals surface area contributed by atoms with Crippen LogP contribution >= 0.6 is 11.3 Å². The molecule has 4 heteroatoms. The number of thiophene rings is 1. The Bertz CT molecular complexity index is 409. The van der Waals surface area contributed by atoms with E-state index in [-0.39, 0.29) is 0 Å². The Balaban J connectivity index is 0.000000461. The number of aromatic nitrogens is 1. The van der Waals surface area contributed by atoms with Gasteiger partial charge in [0.25, 0.3) is 0 Å². The van der Waals surface area contributed by atoms with E-state index in [0.717, 1.165) is 15.0 Å². The monoisotopic (exact) mass is 209 g/mol. The molecule has 0 aliphatic carbocycles. The van der Waals surface area contributed by atoms with Crippen molar-refractivity contribution in [3.63, 3.8) is 0 Å². The molecule has 14 heavy (non-hydrogen) atoms. The molecular weight excluding hydrogens is 194 g/mol. The summed E-state index contributed by atoms with van der Waals surface area (Å²) in [5.74, 6) is 0.559. The number of hydrogen-bond acceptors (Lipinski definition) is 4. The maximum Gasteiger partial charge on any atom is 0.123 e. The van der Waals surface area contributed by atoms with Crippen molar-refractivity contribution < 1.29 is 0 Å². The van der Waals surface area contributed by atoms with Gasteiger partial charge in [-0.15, -0.1) is 11.3 Å². The largest absolute Gasteiger partial charge is 0.384 e. The minimum Gasteiger partial charge on any atom is -0.384 e. The van der Waals surface area contributed by atoms with Crippen molar-refractivity contribution in [1.82, 2.24) is 4.98 Å². The Morgan fingerprint density at radius 2 is 2.07 bits per heavy atom. The standard InChI is InChI=1S/C8H9N3S.C2H6/c9-3-6-1-5-2-8(10)11-4-7(5)12-6;1-2/h1-2,4H,3,9H2,(H2,10,11);1-2H3. The normalized spacial score (nSPS) is 9.64. The molecular formula is C10H15N3S. The maximum atomic E-state index is 5.54. The van der Waals surface area contributed by atoms with Crippen LogP contribution in [0.2, 0.25) is 0 Å². The zero-order valence-corrected chi connectivity index (χ0v) is 9.27. The Hall–Kier alpha value is -1.13. The zero-order valence-electron chi connectivity index (χ0n) is 8.45. The Labute approximate surface area is 87.8 Å². The molecule has 0 fully saturated rings. The molecule has 76 valence electrons. The molecule has 0 unspecified atom stereocenters. The van der Waals surface area contributed by atoms with Gasteiger partial charge in [0.05, 0.1) is 4.70 Å². The second-order valence-electron chi connectivity index (χ2n) is 2.56. The SMILES string of the molecule is CC.NCc1cc2cc(N)ncc2s1. The zero-order chi connectivity index (χ0) is 10.6. The van der Waals surface area contributed by atoms with Crippen molar-refractivity contribution >= 4 is 27.2 Å². The van der Waals surface area contributed by atoms with Gasteiger partial charge >= 0.3 is 0 Å². The smallest absolute Gasteiger partial charge is 0.123 e. The Morgan fingerprint density at radius 3 is 2.71 bits per heavy atom. The lowest BCUT2D eigenvalue weighted by Crippen LogP contribution is -1.91. The van der Waals surface area contributed by atoms with Gasteiger partial charge in [-0.1, -0.05) is 13.8 Å². The average molecular weight is 209 g/mol. The number of nitrogen functional groups attached to an aromatic ring is 1. The molecule has 2 heterocycles. The van der Waals surface area contributed by atoms with Crippen LogP contribution in [-0.4, -0.2) is 4.98 Å². The molecule has 0 atom stereocenters. The molecule has 0 radical (unpaired) electrons. The lowest BCUT2D eigenvalue weighted by atomic mass is 10.3. The van der Waals surface area contributed by atoms with Crippen LogP contribution in [0.3, 0.4) is 0 Å². The fourth-order valence-electron chi connectivity index (χ4n) is 1.12. The lowest BCUT2D eigenvalue weighted by molar-refractivity contribution is 1.11. The molecule has 0 spiro atoms. The second-order valence-corrected chi connectivity index (χ2v) is 3.73. The molecule has 0 bridgehead atoms. The second kappa shape index (κ2) is 4.93. The van der Waals surface area contributed by atoms with Crippen molar-refractivity contribution in [3.05, 3.63) is 23.2 Å². The first-order chi connectivity index (χ1) is 6.79. The number of rotatable bonds is 1. The van der Waals surface area contributed by atoms with Gasteiger partial charge < -0.3 is 11.5 Å². The van der Waals surface area contributed by atoms with Gasteiger partial charge in [0, 0.05) is 17.6 Å². The van der Waals surface area contributed by atoms with Crippen LogP contribution in [-0.2, 0) is 6.54 Å². The third-order valence-electron chi connectivity index (χ3n) is 1.68. The van der Waals surface area contributed by atoms with Crippen molar-refractivity contribution in [2.24, 2.45) is 5.73 Å². The average Bonchev–Trinajstić information content (AvgIpc) is 2.62. The fourth-order valence-corrected chi connectivity index (χ4v) is 2.01. The fraction of sp³-hybridized carbons (Fsp3) is 0.300. The van der Waals surface area contributed by atoms with E-state index in [4.69, 9.17) is 11.5 Å². The lowest BCUT2D eigenvalue weighted by Gasteiger charge is -1.89. The van der Waals surface area contributed by atoms with Gasteiger partial charge in [-0.25, -0.2) is 4.98 Å². The van der Waals surface area contributed by atoms with E-state index in [1.54, 1.807) is 17.5 Å². The van der Waals surface area contributed by atoms with E-state index in [0.29, 0.717) is 12.4 Å². The van der Waals surface area contributed by atoms with Gasteiger partial charge in [0.1, 0.15) is 5.82 Å². The highest BCUT2D eigenvalue weighted by molar-refractivity contribution is 7.19. The predicted molar refractivity (Wildman–Crippen MR) is 63.3 cm³/mol. The number of fused-ring (bicyclic) bond motifs is 1. The molecule has 0 aliphatic rings. The van der Waals surface area contributed by atoms with Crippen molar-refractivity contribution in [2.45, 2.75) is 20.4 Å². The summed E-state index contributed by atoms with van der Waals surface area (Å²) in [4.78, 5) is 5.17. The van der Waals surface area contributed by atoms with Gasteiger partial charge in [-0.2, -0.15) is 0 Å². The summed E-state index contributed by atoms with van der Waals surface area (Å²) < 4.78 is 1.14. The molecule has 0 saturated carbocycles. The van der Waals surface area contributed by atoms with E-state index >= 15 is 0 Å². The molecule has 0 aromatic carbocycles. The van der Waals surface area contributed by atoms with Gasteiger partial charge in [0.15, 0.2) is 0 Å². The molecule has 0 saturated heterocycles. The number of nitrogens with two attached hydrogens (primary N) is 2. The van der Waals surface area contributed by atoms with E-state index < -0.39 is 0 Å². The number of hydrogen-bond donors (Lipinski definition) is 2. The van der Waals surface area contributed by atoms with Gasteiger partial charge in [-0.05, 0) is 17.5 Å². The van der Waals surface area contributed by atoms with Crippen LogP contribution in [0.5, 0.6) is 0 Å². The summed E-state index contributed by atoms with van der Waals surface area (Å²) in [6.07, 6.45) is 1.79. The summed E-state index contributed by atoms with van der Waals surface area (Å²) in [7, 11) is 0. The summed E-state index contributed by atoms with van der Waals surface area (Å²) in [6.45, 7) is 4.58. The molecule has 3 nitrogen and oxygen atoms in total. The van der Waals surface area contributed by atoms with Crippen molar-refractivity contribution in [2.75, 3.05) is 5.73 Å². The van der Waals surface area contributed by atoms with Gasteiger partial charge in [-0.3, -0.25) is 0 Å². The topological polar surface area (TPSA) is 64.9 Å². The minimum absolute atomic E-state index is 0.559. The highest BCUT2D eigenvalue weighted by atomic mass is 32.1. The van der Waals surface area contributed by atoms with Crippen LogP contribution in [0.1, 0.15) is 18.7 Å². The first-order valence-electron chi connectivity index (χ1n) is 4.63. The van der Waals surface area contributed by atoms with Gasteiger partial charge in [0.2, 0.25) is 0 Å². The third kappa shape index (κ3) is 2.21. The summed E-state index contributed by atoms with van der Waals surface area (Å²) in [5.41, 5.74) is 11.0. The van der Waals surface area contributed by atoms with Crippen LogP contribution in [0.25, 0.3) is 10.1 Å². The number of nitrogens with zero attached hydrogens (tertiary/aromatic N) is 1. The van der Waals surface area contributed by atoms with Crippen molar-refractivity contribution in [1.29, 1.82) is 0 Å². The van der Waals surface area contributed by atoms with E-state index in [1.165, 1.54) is 0 Å². The van der Waals surface area contributed by atoms with Crippen LogP contribution in [0, 0.1) is 0 Å². The van der Waals surface area contributed by atoms with Crippen molar-refractivity contribution in [3.8, 4) is 0 Å². The van der Waals surface area contributed by atoms with Crippen LogP contribution < -0.4 is 11.5 Å². The van der Waals surface area contributed by atoms with E-state index in [9.17, 15) is 0 Å².